The second kappa shape index (κ2) is 7.36. The maximum Gasteiger partial charge on any atom is 0.434 e. The highest BCUT2D eigenvalue weighted by Crippen LogP contribution is 2.41. The van der Waals surface area contributed by atoms with E-state index in [1.807, 2.05) is 0 Å². The quantitative estimate of drug-likeness (QED) is 0.611. The van der Waals surface area contributed by atoms with Crippen LogP contribution in [0.4, 0.5) is 26.3 Å². The van der Waals surface area contributed by atoms with E-state index in [0.717, 1.165) is 17.4 Å². The Hall–Kier alpha value is -2.55. The van der Waals surface area contributed by atoms with E-state index in [1.165, 1.54) is 47.8 Å². The van der Waals surface area contributed by atoms with Gasteiger partial charge in [0, 0.05) is 12.1 Å². The number of carbonyl (C=O) groups excluding carboxylic acids is 1. The Bertz CT molecular complexity index is 714. The van der Waals surface area contributed by atoms with Crippen LogP contribution in [0.1, 0.15) is 15.9 Å². The topological polar surface area (TPSA) is 41.1 Å². The van der Waals surface area contributed by atoms with E-state index in [1.54, 1.807) is 6.07 Å². The van der Waals surface area contributed by atoms with E-state index in [9.17, 15) is 31.1 Å². The Kier molecular flexibility index (Phi) is 5.60. The van der Waals surface area contributed by atoms with Gasteiger partial charge in [-0.3, -0.25) is 10.1 Å². The van der Waals surface area contributed by atoms with Crippen LogP contribution < -0.4 is 10.6 Å². The Balaban J connectivity index is 2.38. The number of amides is 1. The van der Waals surface area contributed by atoms with Gasteiger partial charge in [-0.25, -0.2) is 0 Å². The molecule has 0 saturated heterocycles. The molecule has 3 nitrogen and oxygen atoms in total. The molecule has 26 heavy (non-hydrogen) atoms. The van der Waals surface area contributed by atoms with Gasteiger partial charge in [0.2, 0.25) is 0 Å². The number of carbonyl (C=O) groups is 1. The van der Waals surface area contributed by atoms with Crippen molar-refractivity contribution >= 4 is 5.91 Å². The van der Waals surface area contributed by atoms with E-state index in [4.69, 9.17) is 0 Å². The second-order valence-electron chi connectivity index (χ2n) is 5.40. The van der Waals surface area contributed by atoms with Crippen molar-refractivity contribution in [2.45, 2.75) is 24.6 Å². The number of hydrogen-bond donors (Lipinski definition) is 2. The fourth-order valence-corrected chi connectivity index (χ4v) is 2.21. The van der Waals surface area contributed by atoms with Gasteiger partial charge >= 0.3 is 12.4 Å². The summed E-state index contributed by atoms with van der Waals surface area (Å²) in [6.45, 7) is -0.755. The number of hydrogen-bond acceptors (Lipinski definition) is 2. The first-order chi connectivity index (χ1) is 12.1. The summed E-state index contributed by atoms with van der Waals surface area (Å²) in [5.74, 6) is -1.50. The lowest BCUT2D eigenvalue weighted by Gasteiger charge is -2.38. The van der Waals surface area contributed by atoms with Crippen LogP contribution in [-0.4, -0.2) is 23.9 Å². The minimum Gasteiger partial charge on any atom is -0.319 e. The SMILES string of the molecule is O=C(NC(NCc1ccccc1)(C(F)(F)F)C(F)(F)F)c1ccccc1. The summed E-state index contributed by atoms with van der Waals surface area (Å²) in [5, 5.41) is 2.55. The monoisotopic (exact) mass is 376 g/mol. The molecule has 0 radical (unpaired) electrons. The molecule has 0 bridgehead atoms. The average Bonchev–Trinajstić information content (AvgIpc) is 2.58. The molecule has 0 saturated carbocycles. The van der Waals surface area contributed by atoms with Crippen molar-refractivity contribution in [3.8, 4) is 0 Å². The third kappa shape index (κ3) is 4.16. The number of alkyl halides is 6. The Morgan fingerprint density at radius 1 is 0.769 bits per heavy atom. The standard InChI is InChI=1S/C17H14F6N2O/c18-16(19,20)15(17(21,22)23,24-11-12-7-3-1-4-8-12)25-14(26)13-9-5-2-6-10-13/h1-10,24H,11H2,(H,25,26). The molecule has 2 aromatic rings. The van der Waals surface area contributed by atoms with Crippen molar-refractivity contribution in [3.63, 3.8) is 0 Å². The van der Waals surface area contributed by atoms with Gasteiger partial charge in [0.1, 0.15) is 0 Å². The first kappa shape index (κ1) is 19.8. The average molecular weight is 376 g/mol. The Morgan fingerprint density at radius 3 is 1.69 bits per heavy atom. The molecular weight excluding hydrogens is 362 g/mol. The summed E-state index contributed by atoms with van der Waals surface area (Å²) in [6, 6.07) is 13.6. The fraction of sp³-hybridized carbons (Fsp3) is 0.235. The molecule has 0 aliphatic carbocycles. The van der Waals surface area contributed by atoms with Crippen molar-refractivity contribution in [2.75, 3.05) is 0 Å². The zero-order valence-corrected chi connectivity index (χ0v) is 13.2. The van der Waals surface area contributed by atoms with Crippen molar-refractivity contribution < 1.29 is 31.1 Å². The maximum atomic E-state index is 13.5. The van der Waals surface area contributed by atoms with Crippen molar-refractivity contribution in [1.29, 1.82) is 0 Å². The van der Waals surface area contributed by atoms with Crippen LogP contribution in [0.2, 0.25) is 0 Å². The van der Waals surface area contributed by atoms with Gasteiger partial charge in [0.25, 0.3) is 11.6 Å². The molecule has 0 heterocycles. The predicted octanol–water partition coefficient (Wildman–Crippen LogP) is 4.03. The van der Waals surface area contributed by atoms with Gasteiger partial charge in [0.15, 0.2) is 0 Å². The molecule has 0 fully saturated rings. The molecule has 2 N–H and O–H groups in total. The van der Waals surface area contributed by atoms with E-state index < -0.39 is 30.5 Å². The highest BCUT2D eigenvalue weighted by Gasteiger charge is 2.72. The first-order valence-electron chi connectivity index (χ1n) is 7.37. The smallest absolute Gasteiger partial charge is 0.319 e. The zero-order valence-electron chi connectivity index (χ0n) is 13.2. The van der Waals surface area contributed by atoms with Crippen molar-refractivity contribution in [1.82, 2.24) is 10.6 Å². The Labute approximate surface area is 145 Å². The summed E-state index contributed by atoms with van der Waals surface area (Å²) in [7, 11) is 0. The van der Waals surface area contributed by atoms with Crippen LogP contribution in [0, 0.1) is 0 Å². The van der Waals surface area contributed by atoms with Crippen molar-refractivity contribution in [3.05, 3.63) is 71.8 Å². The molecule has 0 aliphatic heterocycles. The summed E-state index contributed by atoms with van der Waals surface area (Å²) >= 11 is 0. The minimum atomic E-state index is -5.83. The van der Waals surface area contributed by atoms with Gasteiger partial charge in [-0.2, -0.15) is 26.3 Å². The van der Waals surface area contributed by atoms with Crippen LogP contribution in [0.15, 0.2) is 60.7 Å². The van der Waals surface area contributed by atoms with Crippen LogP contribution in [0.5, 0.6) is 0 Å². The lowest BCUT2D eigenvalue weighted by atomic mass is 10.1. The van der Waals surface area contributed by atoms with Gasteiger partial charge in [0.05, 0.1) is 0 Å². The number of benzene rings is 2. The molecule has 0 aromatic heterocycles. The lowest BCUT2D eigenvalue weighted by molar-refractivity contribution is -0.314. The van der Waals surface area contributed by atoms with Crippen LogP contribution in [-0.2, 0) is 6.54 Å². The lowest BCUT2D eigenvalue weighted by Crippen LogP contribution is -2.75. The van der Waals surface area contributed by atoms with E-state index in [-0.39, 0.29) is 11.1 Å². The Morgan fingerprint density at radius 2 is 1.23 bits per heavy atom. The molecule has 2 rings (SSSR count). The molecular formula is C17H14F6N2O. The van der Waals surface area contributed by atoms with E-state index >= 15 is 0 Å². The second-order valence-corrected chi connectivity index (χ2v) is 5.40. The molecule has 9 heteroatoms. The number of halogens is 6. The molecule has 2 aromatic carbocycles. The van der Waals surface area contributed by atoms with Crippen LogP contribution in [0.25, 0.3) is 0 Å². The summed E-state index contributed by atoms with van der Waals surface area (Å²) in [6.07, 6.45) is -11.7. The van der Waals surface area contributed by atoms with Gasteiger partial charge < -0.3 is 5.32 Å². The minimum absolute atomic E-state index is 0.194. The molecule has 1 amide bonds. The van der Waals surface area contributed by atoms with Gasteiger partial charge in [-0.15, -0.1) is 0 Å². The molecule has 0 atom stereocenters. The van der Waals surface area contributed by atoms with Gasteiger partial charge in [-0.05, 0) is 17.7 Å². The highest BCUT2D eigenvalue weighted by molar-refractivity contribution is 5.94. The number of nitrogens with one attached hydrogen (secondary N) is 2. The van der Waals surface area contributed by atoms with Crippen LogP contribution in [0.3, 0.4) is 0 Å². The normalized spacial score (nSPS) is 12.7. The third-order valence-electron chi connectivity index (χ3n) is 3.59. The van der Waals surface area contributed by atoms with Crippen LogP contribution >= 0.6 is 0 Å². The molecule has 0 aliphatic rings. The molecule has 140 valence electrons. The third-order valence-corrected chi connectivity index (χ3v) is 3.59. The van der Waals surface area contributed by atoms with E-state index in [0.29, 0.717) is 0 Å². The molecule has 0 spiro atoms. The number of rotatable bonds is 5. The zero-order chi connectivity index (χ0) is 19.4. The highest BCUT2D eigenvalue weighted by atomic mass is 19.4. The van der Waals surface area contributed by atoms with Gasteiger partial charge in [-0.1, -0.05) is 48.5 Å². The van der Waals surface area contributed by atoms with E-state index in [2.05, 4.69) is 0 Å². The molecule has 0 unspecified atom stereocenters. The van der Waals surface area contributed by atoms with Crippen molar-refractivity contribution in [2.24, 2.45) is 0 Å². The first-order valence-corrected chi connectivity index (χ1v) is 7.37. The predicted molar refractivity (Wildman–Crippen MR) is 82.0 cm³/mol. The maximum absolute atomic E-state index is 13.5. The summed E-state index contributed by atoms with van der Waals surface area (Å²) in [5.41, 5.74) is -4.73. The summed E-state index contributed by atoms with van der Waals surface area (Å²) < 4.78 is 80.7. The largest absolute Gasteiger partial charge is 0.434 e. The fourth-order valence-electron chi connectivity index (χ4n) is 2.21. The summed E-state index contributed by atoms with van der Waals surface area (Å²) in [4.78, 5) is 12.0.